The molecule has 0 saturated carbocycles. The molecule has 0 aromatic heterocycles. The van der Waals surface area contributed by atoms with E-state index in [1.165, 1.54) is 18.5 Å². The first-order valence-corrected chi connectivity index (χ1v) is 6.51. The van der Waals surface area contributed by atoms with Crippen molar-refractivity contribution in [2.24, 2.45) is 0 Å². The molecule has 94 valence electrons. The van der Waals surface area contributed by atoms with Crippen LogP contribution in [0.15, 0.2) is 18.2 Å². The standard InChI is InChI=1S/C10H14N2O4S/c1-15-8-3-4-9(10(7-8)16-2)11-17(13,14)12-5-6-12/h3-4,7,11H,5-6H2,1-2H3. The van der Waals surface area contributed by atoms with Crippen LogP contribution in [0, 0.1) is 0 Å². The van der Waals surface area contributed by atoms with Crippen molar-refractivity contribution in [3.63, 3.8) is 0 Å². The third kappa shape index (κ3) is 2.62. The van der Waals surface area contributed by atoms with E-state index < -0.39 is 10.2 Å². The first kappa shape index (κ1) is 12.0. The van der Waals surface area contributed by atoms with Crippen LogP contribution < -0.4 is 14.2 Å². The fraction of sp³-hybridized carbons (Fsp3) is 0.400. The third-order valence-corrected chi connectivity index (χ3v) is 3.92. The van der Waals surface area contributed by atoms with Crippen LogP contribution in [0.4, 0.5) is 5.69 Å². The van der Waals surface area contributed by atoms with Crippen molar-refractivity contribution in [1.29, 1.82) is 0 Å². The Morgan fingerprint density at radius 3 is 2.47 bits per heavy atom. The van der Waals surface area contributed by atoms with Gasteiger partial charge in [0.15, 0.2) is 0 Å². The summed E-state index contributed by atoms with van der Waals surface area (Å²) in [4.78, 5) is 0. The fourth-order valence-corrected chi connectivity index (χ4v) is 2.51. The van der Waals surface area contributed by atoms with Crippen molar-refractivity contribution in [2.75, 3.05) is 32.0 Å². The SMILES string of the molecule is COc1ccc(NS(=O)(=O)N2CC2)c(OC)c1. The number of rotatable bonds is 5. The second-order valence-corrected chi connectivity index (χ2v) is 5.24. The maximum atomic E-state index is 11.7. The van der Waals surface area contributed by atoms with Gasteiger partial charge in [-0.2, -0.15) is 12.7 Å². The van der Waals surface area contributed by atoms with Gasteiger partial charge in [-0.15, -0.1) is 0 Å². The van der Waals surface area contributed by atoms with E-state index in [9.17, 15) is 8.42 Å². The highest BCUT2D eigenvalue weighted by atomic mass is 32.2. The highest BCUT2D eigenvalue weighted by Gasteiger charge is 2.32. The Labute approximate surface area is 100 Å². The van der Waals surface area contributed by atoms with Gasteiger partial charge in [-0.1, -0.05) is 0 Å². The number of methoxy groups -OCH3 is 2. The summed E-state index contributed by atoms with van der Waals surface area (Å²) < 4.78 is 37.4. The predicted molar refractivity (Wildman–Crippen MR) is 63.7 cm³/mol. The molecule has 1 N–H and O–H groups in total. The lowest BCUT2D eigenvalue weighted by Crippen LogP contribution is -2.21. The number of benzene rings is 1. The van der Waals surface area contributed by atoms with E-state index in [1.54, 1.807) is 18.2 Å². The molecule has 0 spiro atoms. The average Bonchev–Trinajstić information content (AvgIpc) is 3.13. The van der Waals surface area contributed by atoms with Crippen LogP contribution in [0.3, 0.4) is 0 Å². The van der Waals surface area contributed by atoms with Crippen LogP contribution in [0.2, 0.25) is 0 Å². The van der Waals surface area contributed by atoms with Gasteiger partial charge in [-0.05, 0) is 12.1 Å². The van der Waals surface area contributed by atoms with Crippen LogP contribution in [-0.2, 0) is 10.2 Å². The van der Waals surface area contributed by atoms with Crippen molar-refractivity contribution in [3.05, 3.63) is 18.2 Å². The van der Waals surface area contributed by atoms with E-state index in [0.717, 1.165) is 0 Å². The Hall–Kier alpha value is -1.47. The van der Waals surface area contributed by atoms with E-state index in [-0.39, 0.29) is 0 Å². The van der Waals surface area contributed by atoms with Gasteiger partial charge in [0.25, 0.3) is 0 Å². The van der Waals surface area contributed by atoms with E-state index in [1.807, 2.05) is 0 Å². The number of ether oxygens (including phenoxy) is 2. The molecule has 17 heavy (non-hydrogen) atoms. The molecule has 0 atom stereocenters. The molecule has 0 amide bonds. The van der Waals surface area contributed by atoms with E-state index in [4.69, 9.17) is 9.47 Å². The first-order valence-electron chi connectivity index (χ1n) is 5.07. The molecule has 1 aromatic carbocycles. The minimum atomic E-state index is -3.43. The molecule has 6 nitrogen and oxygen atoms in total. The fourth-order valence-electron chi connectivity index (χ4n) is 1.37. The van der Waals surface area contributed by atoms with Crippen LogP contribution >= 0.6 is 0 Å². The third-order valence-electron chi connectivity index (χ3n) is 2.39. The lowest BCUT2D eigenvalue weighted by molar-refractivity contribution is 0.395. The summed E-state index contributed by atoms with van der Waals surface area (Å²) in [6.07, 6.45) is 0. The number of nitrogens with one attached hydrogen (secondary N) is 1. The molecule has 0 radical (unpaired) electrons. The highest BCUT2D eigenvalue weighted by Crippen LogP contribution is 2.30. The van der Waals surface area contributed by atoms with Crippen LogP contribution in [-0.4, -0.2) is 40.0 Å². The average molecular weight is 258 g/mol. The van der Waals surface area contributed by atoms with E-state index in [0.29, 0.717) is 30.3 Å². The Bertz CT molecular complexity index is 511. The monoisotopic (exact) mass is 258 g/mol. The topological polar surface area (TPSA) is 67.6 Å². The molecule has 1 aromatic rings. The maximum Gasteiger partial charge on any atom is 0.301 e. The van der Waals surface area contributed by atoms with Gasteiger partial charge in [-0.25, -0.2) is 0 Å². The Balaban J connectivity index is 2.26. The minimum Gasteiger partial charge on any atom is -0.497 e. The summed E-state index contributed by atoms with van der Waals surface area (Å²) in [6, 6.07) is 4.90. The Morgan fingerprint density at radius 1 is 1.24 bits per heavy atom. The largest absolute Gasteiger partial charge is 0.497 e. The molecular formula is C10H14N2O4S. The molecule has 0 aliphatic carbocycles. The maximum absolute atomic E-state index is 11.7. The quantitative estimate of drug-likeness (QED) is 0.788. The van der Waals surface area contributed by atoms with Crippen molar-refractivity contribution >= 4 is 15.9 Å². The summed E-state index contributed by atoms with van der Waals surface area (Å²) in [5, 5.41) is 0. The summed E-state index contributed by atoms with van der Waals surface area (Å²) in [5.41, 5.74) is 0.403. The lowest BCUT2D eigenvalue weighted by atomic mass is 10.3. The van der Waals surface area contributed by atoms with Gasteiger partial charge in [0, 0.05) is 19.2 Å². The smallest absolute Gasteiger partial charge is 0.301 e. The first-order chi connectivity index (χ1) is 8.06. The minimum absolute atomic E-state index is 0.403. The Kier molecular flexibility index (Phi) is 3.12. The van der Waals surface area contributed by atoms with Crippen LogP contribution in [0.25, 0.3) is 0 Å². The van der Waals surface area contributed by atoms with Gasteiger partial charge in [0.2, 0.25) is 0 Å². The molecule has 0 bridgehead atoms. The zero-order valence-corrected chi connectivity index (χ0v) is 10.5. The van der Waals surface area contributed by atoms with Crippen molar-refractivity contribution in [1.82, 2.24) is 4.31 Å². The summed E-state index contributed by atoms with van der Waals surface area (Å²) >= 11 is 0. The molecule has 0 unspecified atom stereocenters. The lowest BCUT2D eigenvalue weighted by Gasteiger charge is -2.12. The predicted octanol–water partition coefficient (Wildman–Crippen LogP) is 0.676. The van der Waals surface area contributed by atoms with E-state index in [2.05, 4.69) is 4.72 Å². The second kappa shape index (κ2) is 4.42. The molecule has 7 heteroatoms. The number of nitrogens with zero attached hydrogens (tertiary/aromatic N) is 1. The molecule has 1 heterocycles. The van der Waals surface area contributed by atoms with Gasteiger partial charge >= 0.3 is 10.2 Å². The van der Waals surface area contributed by atoms with Crippen LogP contribution in [0.5, 0.6) is 11.5 Å². The van der Waals surface area contributed by atoms with E-state index >= 15 is 0 Å². The molecular weight excluding hydrogens is 244 g/mol. The summed E-state index contributed by atoms with van der Waals surface area (Å²) in [5.74, 6) is 1.03. The van der Waals surface area contributed by atoms with Crippen molar-refractivity contribution in [3.8, 4) is 11.5 Å². The van der Waals surface area contributed by atoms with Gasteiger partial charge < -0.3 is 9.47 Å². The number of anilines is 1. The van der Waals surface area contributed by atoms with Crippen molar-refractivity contribution < 1.29 is 17.9 Å². The number of hydrogen-bond acceptors (Lipinski definition) is 4. The number of hydrogen-bond donors (Lipinski definition) is 1. The molecule has 1 aliphatic rings. The molecule has 1 fully saturated rings. The van der Waals surface area contributed by atoms with Crippen molar-refractivity contribution in [2.45, 2.75) is 0 Å². The molecule has 2 rings (SSSR count). The second-order valence-electron chi connectivity index (χ2n) is 3.57. The van der Waals surface area contributed by atoms with Crippen LogP contribution in [0.1, 0.15) is 0 Å². The zero-order chi connectivity index (χ0) is 12.5. The summed E-state index contributed by atoms with van der Waals surface area (Å²) in [6.45, 7) is 1.13. The normalized spacial score (nSPS) is 15.4. The van der Waals surface area contributed by atoms with Gasteiger partial charge in [-0.3, -0.25) is 4.72 Å². The summed E-state index contributed by atoms with van der Waals surface area (Å²) in [7, 11) is -0.417. The van der Waals surface area contributed by atoms with Gasteiger partial charge in [0.1, 0.15) is 11.5 Å². The Morgan fingerprint density at radius 2 is 1.94 bits per heavy atom. The highest BCUT2D eigenvalue weighted by molar-refractivity contribution is 7.90. The van der Waals surface area contributed by atoms with Gasteiger partial charge in [0.05, 0.1) is 19.9 Å². The molecule has 1 saturated heterocycles. The molecule has 1 aliphatic heterocycles. The zero-order valence-electron chi connectivity index (χ0n) is 9.63.